The zero-order valence-electron chi connectivity index (χ0n) is 12.1. The van der Waals surface area contributed by atoms with Crippen LogP contribution in [0.5, 0.6) is 0 Å². The first-order chi connectivity index (χ1) is 8.29. The Morgan fingerprint density at radius 2 is 2.17 bits per heavy atom. The standard InChI is InChI=1S/C13H23N3O2/c1-13(2,3)12-9(8-16(5)15-12)10(14-4)7-11(17)18-6/h8,10,14H,7H2,1-6H3. The van der Waals surface area contributed by atoms with Crippen molar-refractivity contribution in [3.8, 4) is 0 Å². The number of hydrogen-bond donors (Lipinski definition) is 1. The summed E-state index contributed by atoms with van der Waals surface area (Å²) in [5.41, 5.74) is 2.01. The summed E-state index contributed by atoms with van der Waals surface area (Å²) in [5.74, 6) is -0.224. The number of carbonyl (C=O) groups is 1. The first kappa shape index (κ1) is 14.7. The van der Waals surface area contributed by atoms with Gasteiger partial charge in [0.25, 0.3) is 0 Å². The number of hydrogen-bond acceptors (Lipinski definition) is 4. The van der Waals surface area contributed by atoms with Crippen LogP contribution >= 0.6 is 0 Å². The van der Waals surface area contributed by atoms with Crippen LogP contribution in [0, 0.1) is 0 Å². The molecule has 1 aromatic rings. The van der Waals surface area contributed by atoms with Crippen LogP contribution in [0.25, 0.3) is 0 Å². The van der Waals surface area contributed by atoms with Gasteiger partial charge in [-0.15, -0.1) is 0 Å². The van der Waals surface area contributed by atoms with Crippen molar-refractivity contribution in [2.24, 2.45) is 7.05 Å². The number of esters is 1. The predicted molar refractivity (Wildman–Crippen MR) is 70.3 cm³/mol. The van der Waals surface area contributed by atoms with Gasteiger partial charge in [0.1, 0.15) is 0 Å². The monoisotopic (exact) mass is 253 g/mol. The van der Waals surface area contributed by atoms with E-state index in [0.29, 0.717) is 6.42 Å². The van der Waals surface area contributed by atoms with Gasteiger partial charge in [-0.05, 0) is 7.05 Å². The number of carbonyl (C=O) groups excluding carboxylic acids is 1. The lowest BCUT2D eigenvalue weighted by molar-refractivity contribution is -0.141. The minimum atomic E-state index is -0.224. The van der Waals surface area contributed by atoms with Crippen LogP contribution in [0.4, 0.5) is 0 Å². The first-order valence-electron chi connectivity index (χ1n) is 6.07. The highest BCUT2D eigenvalue weighted by Gasteiger charge is 2.27. The van der Waals surface area contributed by atoms with Crippen LogP contribution in [-0.4, -0.2) is 29.9 Å². The summed E-state index contributed by atoms with van der Waals surface area (Å²) in [6.07, 6.45) is 2.27. The summed E-state index contributed by atoms with van der Waals surface area (Å²) in [6.45, 7) is 6.34. The fourth-order valence-corrected chi connectivity index (χ4v) is 1.96. The Balaban J connectivity index is 3.09. The number of methoxy groups -OCH3 is 1. The molecule has 102 valence electrons. The van der Waals surface area contributed by atoms with Gasteiger partial charge >= 0.3 is 5.97 Å². The van der Waals surface area contributed by atoms with Crippen LogP contribution in [0.2, 0.25) is 0 Å². The topological polar surface area (TPSA) is 56.1 Å². The van der Waals surface area contributed by atoms with Crippen molar-refractivity contribution in [3.05, 3.63) is 17.5 Å². The lowest BCUT2D eigenvalue weighted by Gasteiger charge is -2.21. The van der Waals surface area contributed by atoms with Gasteiger partial charge in [-0.2, -0.15) is 5.10 Å². The van der Waals surface area contributed by atoms with E-state index in [2.05, 4.69) is 31.2 Å². The smallest absolute Gasteiger partial charge is 0.307 e. The number of ether oxygens (including phenoxy) is 1. The minimum Gasteiger partial charge on any atom is -0.469 e. The molecule has 1 heterocycles. The molecule has 5 nitrogen and oxygen atoms in total. The van der Waals surface area contributed by atoms with Crippen LogP contribution < -0.4 is 5.32 Å². The molecular formula is C13H23N3O2. The van der Waals surface area contributed by atoms with Crippen molar-refractivity contribution in [3.63, 3.8) is 0 Å². The number of rotatable bonds is 4. The maximum Gasteiger partial charge on any atom is 0.307 e. The van der Waals surface area contributed by atoms with Crippen LogP contribution in [-0.2, 0) is 22.0 Å². The first-order valence-corrected chi connectivity index (χ1v) is 6.07. The van der Waals surface area contributed by atoms with Crippen LogP contribution in [0.3, 0.4) is 0 Å². The summed E-state index contributed by atoms with van der Waals surface area (Å²) in [7, 11) is 5.14. The number of nitrogens with zero attached hydrogens (tertiary/aromatic N) is 2. The zero-order valence-corrected chi connectivity index (χ0v) is 12.1. The largest absolute Gasteiger partial charge is 0.469 e. The molecule has 0 aliphatic rings. The third-order valence-electron chi connectivity index (χ3n) is 2.89. The van der Waals surface area contributed by atoms with Gasteiger partial charge in [-0.1, -0.05) is 20.8 Å². The van der Waals surface area contributed by atoms with Gasteiger partial charge < -0.3 is 10.1 Å². The molecule has 0 aromatic carbocycles. The maximum atomic E-state index is 11.4. The van der Waals surface area contributed by atoms with Crippen molar-refractivity contribution in [1.82, 2.24) is 15.1 Å². The Bertz CT molecular complexity index is 418. The number of nitrogens with one attached hydrogen (secondary N) is 1. The van der Waals surface area contributed by atoms with Gasteiger partial charge in [-0.25, -0.2) is 0 Å². The van der Waals surface area contributed by atoms with E-state index < -0.39 is 0 Å². The third-order valence-corrected chi connectivity index (χ3v) is 2.89. The quantitative estimate of drug-likeness (QED) is 0.827. The van der Waals surface area contributed by atoms with Crippen molar-refractivity contribution >= 4 is 5.97 Å². The summed E-state index contributed by atoms with van der Waals surface area (Å²) >= 11 is 0. The normalized spacial score (nSPS) is 13.4. The second-order valence-corrected chi connectivity index (χ2v) is 5.48. The molecule has 0 fully saturated rings. The van der Waals surface area contributed by atoms with E-state index >= 15 is 0 Å². The SMILES string of the molecule is CNC(CC(=O)OC)c1cn(C)nc1C(C)(C)C. The maximum absolute atomic E-state index is 11.4. The number of aryl methyl sites for hydroxylation is 1. The van der Waals surface area contributed by atoms with E-state index in [1.54, 1.807) is 4.68 Å². The molecule has 0 aliphatic carbocycles. The molecule has 1 N–H and O–H groups in total. The van der Waals surface area contributed by atoms with Gasteiger partial charge in [-0.3, -0.25) is 9.48 Å². The van der Waals surface area contributed by atoms with E-state index in [1.807, 2.05) is 20.3 Å². The molecule has 1 aromatic heterocycles. The van der Waals surface area contributed by atoms with Crippen molar-refractivity contribution in [2.45, 2.75) is 38.6 Å². The van der Waals surface area contributed by atoms with Gasteiger partial charge in [0, 0.05) is 30.3 Å². The highest BCUT2D eigenvalue weighted by Crippen LogP contribution is 2.29. The molecule has 1 rings (SSSR count). The Labute approximate surface area is 109 Å². The highest BCUT2D eigenvalue weighted by molar-refractivity contribution is 5.70. The van der Waals surface area contributed by atoms with Crippen molar-refractivity contribution in [1.29, 1.82) is 0 Å². The van der Waals surface area contributed by atoms with E-state index in [4.69, 9.17) is 4.74 Å². The fourth-order valence-electron chi connectivity index (χ4n) is 1.96. The lowest BCUT2D eigenvalue weighted by atomic mass is 9.87. The van der Waals surface area contributed by atoms with Crippen molar-refractivity contribution < 1.29 is 9.53 Å². The average Bonchev–Trinajstić information content (AvgIpc) is 2.67. The second kappa shape index (κ2) is 5.52. The zero-order chi connectivity index (χ0) is 13.9. The Kier molecular flexibility index (Phi) is 4.51. The fraction of sp³-hybridized carbons (Fsp3) is 0.692. The Morgan fingerprint density at radius 3 is 2.61 bits per heavy atom. The number of aromatic nitrogens is 2. The molecule has 0 radical (unpaired) electrons. The minimum absolute atomic E-state index is 0.0538. The van der Waals surface area contributed by atoms with Crippen LogP contribution in [0.15, 0.2) is 6.20 Å². The molecule has 0 bridgehead atoms. The molecule has 0 aliphatic heterocycles. The molecule has 18 heavy (non-hydrogen) atoms. The molecule has 0 saturated heterocycles. The summed E-state index contributed by atoms with van der Waals surface area (Å²) in [6, 6.07) is -0.0691. The van der Waals surface area contributed by atoms with Crippen LogP contribution in [0.1, 0.15) is 44.5 Å². The van der Waals surface area contributed by atoms with E-state index in [9.17, 15) is 4.79 Å². The third kappa shape index (κ3) is 3.32. The molecule has 1 atom stereocenters. The molecule has 1 unspecified atom stereocenters. The van der Waals surface area contributed by atoms with E-state index in [1.165, 1.54) is 7.11 Å². The van der Waals surface area contributed by atoms with Gasteiger partial charge in [0.05, 0.1) is 19.2 Å². The highest BCUT2D eigenvalue weighted by atomic mass is 16.5. The summed E-state index contributed by atoms with van der Waals surface area (Å²) < 4.78 is 6.52. The molecular weight excluding hydrogens is 230 g/mol. The predicted octanol–water partition coefficient (Wildman–Crippen LogP) is 1.54. The second-order valence-electron chi connectivity index (χ2n) is 5.48. The molecule has 5 heteroatoms. The average molecular weight is 253 g/mol. The summed E-state index contributed by atoms with van der Waals surface area (Å²) in [4.78, 5) is 11.4. The van der Waals surface area contributed by atoms with E-state index in [-0.39, 0.29) is 17.4 Å². The molecule has 0 amide bonds. The van der Waals surface area contributed by atoms with E-state index in [0.717, 1.165) is 11.3 Å². The molecule has 0 saturated carbocycles. The van der Waals surface area contributed by atoms with Gasteiger partial charge in [0.2, 0.25) is 0 Å². The van der Waals surface area contributed by atoms with Crippen molar-refractivity contribution in [2.75, 3.05) is 14.2 Å². The van der Waals surface area contributed by atoms with Gasteiger partial charge in [0.15, 0.2) is 0 Å². The Morgan fingerprint density at radius 1 is 1.56 bits per heavy atom. The molecule has 0 spiro atoms. The summed E-state index contributed by atoms with van der Waals surface area (Å²) in [5, 5.41) is 7.66. The Hall–Kier alpha value is -1.36. The lowest BCUT2D eigenvalue weighted by Crippen LogP contribution is -2.24.